The van der Waals surface area contributed by atoms with Crippen LogP contribution in [0.25, 0.3) is 11.0 Å². The highest BCUT2D eigenvalue weighted by atomic mass is 32.2. The Morgan fingerprint density at radius 2 is 1.69 bits per heavy atom. The number of sulfone groups is 1. The van der Waals surface area contributed by atoms with Gasteiger partial charge in [0.25, 0.3) is 0 Å². The zero-order chi connectivity index (χ0) is 18.9. The number of imidazole rings is 1. The van der Waals surface area contributed by atoms with E-state index < -0.39 is 20.5 Å². The monoisotopic (exact) mass is 379 g/mol. The number of para-hydroxylation sites is 2. The number of nitrogens with zero attached hydrogens (tertiary/aromatic N) is 1. The predicted molar refractivity (Wildman–Crippen MR) is 96.9 cm³/mol. The van der Waals surface area contributed by atoms with Gasteiger partial charge in [0.2, 0.25) is 9.84 Å². The SMILES string of the molecule is CC(C)[C@@H](Nc1ccc(S(=O)(=O)C(F)F)cc1)c1nc2ccccc2[nH]1. The quantitative estimate of drug-likeness (QED) is 0.667. The normalized spacial score (nSPS) is 13.5. The van der Waals surface area contributed by atoms with Gasteiger partial charge in [0.1, 0.15) is 5.82 Å². The summed E-state index contributed by atoms with van der Waals surface area (Å²) < 4.78 is 48.3. The van der Waals surface area contributed by atoms with E-state index in [4.69, 9.17) is 0 Å². The van der Waals surface area contributed by atoms with Crippen LogP contribution in [0.2, 0.25) is 0 Å². The molecule has 3 rings (SSSR count). The zero-order valence-corrected chi connectivity index (χ0v) is 15.1. The fourth-order valence-electron chi connectivity index (χ4n) is 2.69. The number of nitrogens with one attached hydrogen (secondary N) is 2. The summed E-state index contributed by atoms with van der Waals surface area (Å²) in [6.07, 6.45) is 0. The molecule has 1 heterocycles. The van der Waals surface area contributed by atoms with Crippen LogP contribution in [-0.2, 0) is 9.84 Å². The fraction of sp³-hybridized carbons (Fsp3) is 0.278. The minimum Gasteiger partial charge on any atom is -0.375 e. The maximum Gasteiger partial charge on any atom is 0.341 e. The van der Waals surface area contributed by atoms with Crippen molar-refractivity contribution in [1.29, 1.82) is 0 Å². The van der Waals surface area contributed by atoms with Gasteiger partial charge in [0.15, 0.2) is 0 Å². The second kappa shape index (κ2) is 7.03. The molecule has 0 aliphatic heterocycles. The average molecular weight is 379 g/mol. The molecule has 5 nitrogen and oxygen atoms in total. The molecule has 0 fully saturated rings. The number of anilines is 1. The van der Waals surface area contributed by atoms with E-state index in [0.29, 0.717) is 5.69 Å². The molecule has 2 aromatic carbocycles. The number of aromatic amines is 1. The van der Waals surface area contributed by atoms with Gasteiger partial charge in [-0.3, -0.25) is 0 Å². The number of hydrogen-bond donors (Lipinski definition) is 2. The van der Waals surface area contributed by atoms with Crippen LogP contribution in [0.1, 0.15) is 25.7 Å². The van der Waals surface area contributed by atoms with Gasteiger partial charge < -0.3 is 10.3 Å². The van der Waals surface area contributed by atoms with Crippen molar-refractivity contribution in [3.63, 3.8) is 0 Å². The molecule has 2 N–H and O–H groups in total. The van der Waals surface area contributed by atoms with Crippen LogP contribution in [-0.4, -0.2) is 24.1 Å². The first-order valence-corrected chi connectivity index (χ1v) is 9.67. The van der Waals surface area contributed by atoms with Crippen LogP contribution in [0, 0.1) is 5.92 Å². The Labute approximate surface area is 150 Å². The summed E-state index contributed by atoms with van der Waals surface area (Å²) in [7, 11) is -4.59. The van der Waals surface area contributed by atoms with Crippen LogP contribution in [0.5, 0.6) is 0 Å². The Balaban J connectivity index is 1.87. The van der Waals surface area contributed by atoms with E-state index >= 15 is 0 Å². The first kappa shape index (κ1) is 18.3. The summed E-state index contributed by atoms with van der Waals surface area (Å²) in [5.74, 6) is -2.49. The maximum atomic E-state index is 12.6. The number of H-pyrrole nitrogens is 1. The van der Waals surface area contributed by atoms with E-state index in [-0.39, 0.29) is 12.0 Å². The minimum atomic E-state index is -4.59. The highest BCUT2D eigenvalue weighted by Gasteiger charge is 2.26. The average Bonchev–Trinajstić information content (AvgIpc) is 3.03. The van der Waals surface area contributed by atoms with E-state index in [0.717, 1.165) is 16.9 Å². The predicted octanol–water partition coefficient (Wildman–Crippen LogP) is 4.37. The summed E-state index contributed by atoms with van der Waals surface area (Å²) >= 11 is 0. The van der Waals surface area contributed by atoms with Gasteiger partial charge in [-0.2, -0.15) is 8.78 Å². The molecule has 1 aromatic heterocycles. The number of benzene rings is 2. The van der Waals surface area contributed by atoms with Crippen molar-refractivity contribution in [2.75, 3.05) is 5.32 Å². The van der Waals surface area contributed by atoms with Crippen LogP contribution in [0.15, 0.2) is 53.4 Å². The zero-order valence-electron chi connectivity index (χ0n) is 14.3. The van der Waals surface area contributed by atoms with Crippen molar-refractivity contribution in [2.24, 2.45) is 5.92 Å². The number of fused-ring (bicyclic) bond motifs is 1. The van der Waals surface area contributed by atoms with Gasteiger partial charge in [-0.05, 0) is 42.3 Å². The number of rotatable bonds is 6. The highest BCUT2D eigenvalue weighted by molar-refractivity contribution is 7.91. The molecule has 0 aliphatic rings. The molecule has 0 bridgehead atoms. The molecule has 1 atom stereocenters. The highest BCUT2D eigenvalue weighted by Crippen LogP contribution is 2.27. The van der Waals surface area contributed by atoms with E-state index in [1.807, 2.05) is 38.1 Å². The Morgan fingerprint density at radius 3 is 2.27 bits per heavy atom. The molecule has 0 unspecified atom stereocenters. The molecule has 26 heavy (non-hydrogen) atoms. The van der Waals surface area contributed by atoms with Gasteiger partial charge in [-0.15, -0.1) is 0 Å². The topological polar surface area (TPSA) is 74.8 Å². The molecule has 0 aliphatic carbocycles. The number of alkyl halides is 2. The lowest BCUT2D eigenvalue weighted by molar-refractivity contribution is 0.234. The second-order valence-corrected chi connectivity index (χ2v) is 8.25. The van der Waals surface area contributed by atoms with Gasteiger partial charge in [0, 0.05) is 5.69 Å². The molecule has 138 valence electrons. The third-order valence-electron chi connectivity index (χ3n) is 4.11. The van der Waals surface area contributed by atoms with Gasteiger partial charge >= 0.3 is 5.76 Å². The third kappa shape index (κ3) is 3.55. The van der Waals surface area contributed by atoms with Crippen molar-refractivity contribution in [3.05, 3.63) is 54.4 Å². The van der Waals surface area contributed by atoms with Crippen molar-refractivity contribution in [3.8, 4) is 0 Å². The summed E-state index contributed by atoms with van der Waals surface area (Å²) in [6.45, 7) is 4.06. The van der Waals surface area contributed by atoms with Gasteiger partial charge in [-0.25, -0.2) is 13.4 Å². The molecule has 0 spiro atoms. The first-order valence-electron chi connectivity index (χ1n) is 8.12. The van der Waals surface area contributed by atoms with E-state index in [2.05, 4.69) is 15.3 Å². The van der Waals surface area contributed by atoms with Crippen molar-refractivity contribution < 1.29 is 17.2 Å². The van der Waals surface area contributed by atoms with Crippen LogP contribution >= 0.6 is 0 Å². The maximum absolute atomic E-state index is 12.6. The summed E-state index contributed by atoms with van der Waals surface area (Å²) in [5.41, 5.74) is 2.40. The standard InChI is InChI=1S/C18H19F2N3O2S/c1-11(2)16(17-22-14-5-3-4-6-15(14)23-17)21-12-7-9-13(10-8-12)26(24,25)18(19)20/h3-11,16,18,21H,1-2H3,(H,22,23)/t16-/m1/s1. The molecular weight excluding hydrogens is 360 g/mol. The Kier molecular flexibility index (Phi) is 4.95. The van der Waals surface area contributed by atoms with Crippen molar-refractivity contribution in [2.45, 2.75) is 30.5 Å². The molecule has 0 saturated heterocycles. The Hall–Kier alpha value is -2.48. The van der Waals surface area contributed by atoms with Crippen LogP contribution in [0.3, 0.4) is 0 Å². The number of hydrogen-bond acceptors (Lipinski definition) is 4. The molecule has 8 heteroatoms. The molecular formula is C18H19F2N3O2S. The smallest absolute Gasteiger partial charge is 0.341 e. The molecule has 0 radical (unpaired) electrons. The van der Waals surface area contributed by atoms with E-state index in [9.17, 15) is 17.2 Å². The number of aromatic nitrogens is 2. The van der Waals surface area contributed by atoms with Crippen LogP contribution in [0.4, 0.5) is 14.5 Å². The van der Waals surface area contributed by atoms with E-state index in [1.165, 1.54) is 24.3 Å². The third-order valence-corrected chi connectivity index (χ3v) is 5.51. The lowest BCUT2D eigenvalue weighted by atomic mass is 10.0. The second-order valence-electron chi connectivity index (χ2n) is 6.34. The largest absolute Gasteiger partial charge is 0.375 e. The summed E-state index contributed by atoms with van der Waals surface area (Å²) in [6, 6.07) is 12.8. The van der Waals surface area contributed by atoms with Gasteiger partial charge in [-0.1, -0.05) is 26.0 Å². The summed E-state index contributed by atoms with van der Waals surface area (Å²) in [4.78, 5) is 7.48. The van der Waals surface area contributed by atoms with Crippen molar-refractivity contribution in [1.82, 2.24) is 9.97 Å². The Bertz CT molecular complexity index is 966. The first-order chi connectivity index (χ1) is 12.3. The van der Waals surface area contributed by atoms with Crippen molar-refractivity contribution >= 4 is 26.6 Å². The Morgan fingerprint density at radius 1 is 1.04 bits per heavy atom. The van der Waals surface area contributed by atoms with Crippen LogP contribution < -0.4 is 5.32 Å². The lowest BCUT2D eigenvalue weighted by Crippen LogP contribution is -2.18. The lowest BCUT2D eigenvalue weighted by Gasteiger charge is -2.21. The molecule has 3 aromatic rings. The van der Waals surface area contributed by atoms with Gasteiger partial charge in [0.05, 0.1) is 22.0 Å². The number of halogens is 2. The molecule has 0 amide bonds. The van der Waals surface area contributed by atoms with E-state index in [1.54, 1.807) is 0 Å². The minimum absolute atomic E-state index is 0.153. The fourth-order valence-corrected chi connectivity index (χ4v) is 3.42. The molecule has 0 saturated carbocycles. The summed E-state index contributed by atoms with van der Waals surface area (Å²) in [5, 5.41) is 3.29.